The molecule has 3 rings (SSSR count). The molecule has 2 bridgehead atoms. The van der Waals surface area contributed by atoms with Gasteiger partial charge in [-0.15, -0.1) is 0 Å². The van der Waals surface area contributed by atoms with E-state index in [4.69, 9.17) is 0 Å². The lowest BCUT2D eigenvalue weighted by molar-refractivity contribution is 0.125. The third kappa shape index (κ3) is 2.31. The average Bonchev–Trinajstić information content (AvgIpc) is 2.89. The molecule has 0 aliphatic heterocycles. The van der Waals surface area contributed by atoms with Crippen LogP contribution >= 0.6 is 0 Å². The molecule has 0 amide bonds. The summed E-state index contributed by atoms with van der Waals surface area (Å²) < 4.78 is 13.3. The Morgan fingerprint density at radius 2 is 2.11 bits per heavy atom. The summed E-state index contributed by atoms with van der Waals surface area (Å²) in [7, 11) is 0. The van der Waals surface area contributed by atoms with Crippen LogP contribution in [-0.4, -0.2) is 5.11 Å². The first-order valence-electron chi connectivity index (χ1n) is 7.07. The highest BCUT2D eigenvalue weighted by Gasteiger charge is 2.40. The molecule has 4 unspecified atom stereocenters. The van der Waals surface area contributed by atoms with Crippen LogP contribution in [0.25, 0.3) is 0 Å². The van der Waals surface area contributed by atoms with Gasteiger partial charge in [-0.2, -0.15) is 0 Å². The van der Waals surface area contributed by atoms with Crippen molar-refractivity contribution in [3.05, 3.63) is 35.1 Å². The number of aryl methyl sites for hydroxylation is 1. The van der Waals surface area contributed by atoms with E-state index in [2.05, 4.69) is 0 Å². The fourth-order valence-electron chi connectivity index (χ4n) is 4.04. The molecule has 0 heterocycles. The van der Waals surface area contributed by atoms with Crippen molar-refractivity contribution < 1.29 is 9.50 Å². The zero-order valence-corrected chi connectivity index (χ0v) is 10.9. The lowest BCUT2D eigenvalue weighted by Gasteiger charge is -2.24. The first-order valence-corrected chi connectivity index (χ1v) is 7.07. The standard InChI is InChI=1S/C16H21FO/c1-10-4-14(8-15(17)5-10)16(18)9-13-7-11-2-3-12(13)6-11/h4-5,8,11-13,16,18H,2-3,6-7,9H2,1H3. The van der Waals surface area contributed by atoms with Crippen molar-refractivity contribution >= 4 is 0 Å². The summed E-state index contributed by atoms with van der Waals surface area (Å²) in [6, 6.07) is 4.89. The third-order valence-corrected chi connectivity index (χ3v) is 4.86. The fourth-order valence-corrected chi connectivity index (χ4v) is 4.04. The summed E-state index contributed by atoms with van der Waals surface area (Å²) in [6.07, 6.45) is 5.67. The molecule has 1 aromatic carbocycles. The van der Waals surface area contributed by atoms with Crippen LogP contribution in [0, 0.1) is 30.5 Å². The van der Waals surface area contributed by atoms with Crippen LogP contribution in [0.2, 0.25) is 0 Å². The number of hydrogen-bond donors (Lipinski definition) is 1. The van der Waals surface area contributed by atoms with E-state index < -0.39 is 6.10 Å². The van der Waals surface area contributed by atoms with E-state index >= 15 is 0 Å². The van der Waals surface area contributed by atoms with Crippen LogP contribution in [0.1, 0.15) is 49.3 Å². The molecule has 1 nitrogen and oxygen atoms in total. The molecule has 2 heteroatoms. The van der Waals surface area contributed by atoms with Gasteiger partial charge in [0.25, 0.3) is 0 Å². The van der Waals surface area contributed by atoms with E-state index in [1.165, 1.54) is 37.8 Å². The van der Waals surface area contributed by atoms with Gasteiger partial charge in [0.2, 0.25) is 0 Å². The highest BCUT2D eigenvalue weighted by atomic mass is 19.1. The smallest absolute Gasteiger partial charge is 0.123 e. The lowest BCUT2D eigenvalue weighted by atomic mass is 9.83. The Kier molecular flexibility index (Phi) is 3.14. The minimum atomic E-state index is -0.497. The van der Waals surface area contributed by atoms with E-state index in [0.717, 1.165) is 29.4 Å². The predicted molar refractivity (Wildman–Crippen MR) is 69.7 cm³/mol. The topological polar surface area (TPSA) is 20.2 Å². The number of fused-ring (bicyclic) bond motifs is 2. The Labute approximate surface area is 108 Å². The molecule has 98 valence electrons. The Balaban J connectivity index is 1.69. The monoisotopic (exact) mass is 248 g/mol. The van der Waals surface area contributed by atoms with Crippen molar-refractivity contribution in [2.75, 3.05) is 0 Å². The Morgan fingerprint density at radius 1 is 1.28 bits per heavy atom. The van der Waals surface area contributed by atoms with Crippen molar-refractivity contribution in [3.63, 3.8) is 0 Å². The van der Waals surface area contributed by atoms with Gasteiger partial charge in [-0.05, 0) is 73.6 Å². The molecule has 2 aliphatic rings. The van der Waals surface area contributed by atoms with Gasteiger partial charge in [-0.1, -0.05) is 12.5 Å². The summed E-state index contributed by atoms with van der Waals surface area (Å²) >= 11 is 0. The Hall–Kier alpha value is -0.890. The number of hydrogen-bond acceptors (Lipinski definition) is 1. The second kappa shape index (κ2) is 4.65. The molecular formula is C16H21FO. The zero-order chi connectivity index (χ0) is 12.7. The molecule has 0 spiro atoms. The molecule has 0 aromatic heterocycles. The van der Waals surface area contributed by atoms with Crippen molar-refractivity contribution in [1.82, 2.24) is 0 Å². The lowest BCUT2D eigenvalue weighted by Crippen LogP contribution is -2.14. The maximum absolute atomic E-state index is 13.3. The minimum Gasteiger partial charge on any atom is -0.388 e. The van der Waals surface area contributed by atoms with Crippen LogP contribution in [-0.2, 0) is 0 Å². The van der Waals surface area contributed by atoms with Crippen LogP contribution in [0.4, 0.5) is 4.39 Å². The van der Waals surface area contributed by atoms with Gasteiger partial charge in [0.05, 0.1) is 6.10 Å². The molecule has 2 saturated carbocycles. The number of benzene rings is 1. The summed E-state index contributed by atoms with van der Waals surface area (Å²) in [5.74, 6) is 2.14. The van der Waals surface area contributed by atoms with E-state index in [-0.39, 0.29) is 5.82 Å². The normalized spacial score (nSPS) is 31.8. The Bertz CT molecular complexity index is 422. The van der Waals surface area contributed by atoms with E-state index in [0.29, 0.717) is 5.92 Å². The SMILES string of the molecule is Cc1cc(F)cc(C(O)CC2CC3CCC2C3)c1. The largest absolute Gasteiger partial charge is 0.388 e. The maximum atomic E-state index is 13.3. The predicted octanol–water partition coefficient (Wildman–Crippen LogP) is 3.99. The van der Waals surface area contributed by atoms with E-state index in [1.54, 1.807) is 0 Å². The minimum absolute atomic E-state index is 0.239. The average molecular weight is 248 g/mol. The number of rotatable bonds is 3. The van der Waals surface area contributed by atoms with E-state index in [9.17, 15) is 9.50 Å². The third-order valence-electron chi connectivity index (χ3n) is 4.86. The van der Waals surface area contributed by atoms with Crippen molar-refractivity contribution in [1.29, 1.82) is 0 Å². The molecule has 0 saturated heterocycles. The number of halogens is 1. The van der Waals surface area contributed by atoms with Crippen LogP contribution in [0.3, 0.4) is 0 Å². The molecule has 1 aromatic rings. The summed E-state index contributed by atoms with van der Waals surface area (Å²) in [4.78, 5) is 0. The quantitative estimate of drug-likeness (QED) is 0.857. The van der Waals surface area contributed by atoms with Crippen molar-refractivity contribution in [2.45, 2.75) is 45.1 Å². The fraction of sp³-hybridized carbons (Fsp3) is 0.625. The number of aliphatic hydroxyl groups is 1. The Morgan fingerprint density at radius 3 is 2.72 bits per heavy atom. The molecular weight excluding hydrogens is 227 g/mol. The molecule has 18 heavy (non-hydrogen) atoms. The van der Waals surface area contributed by atoms with Gasteiger partial charge in [-0.3, -0.25) is 0 Å². The van der Waals surface area contributed by atoms with Crippen LogP contribution in [0.15, 0.2) is 18.2 Å². The van der Waals surface area contributed by atoms with Crippen molar-refractivity contribution in [3.8, 4) is 0 Å². The molecule has 1 N–H and O–H groups in total. The summed E-state index contributed by atoms with van der Waals surface area (Å²) in [6.45, 7) is 1.87. The first kappa shape index (κ1) is 12.2. The summed E-state index contributed by atoms with van der Waals surface area (Å²) in [5, 5.41) is 10.3. The van der Waals surface area contributed by atoms with Crippen LogP contribution < -0.4 is 0 Å². The molecule has 2 fully saturated rings. The zero-order valence-electron chi connectivity index (χ0n) is 10.9. The highest BCUT2D eigenvalue weighted by molar-refractivity contribution is 5.25. The van der Waals surface area contributed by atoms with Gasteiger partial charge in [0.15, 0.2) is 0 Å². The van der Waals surface area contributed by atoms with Crippen molar-refractivity contribution in [2.24, 2.45) is 17.8 Å². The molecule has 2 aliphatic carbocycles. The first-order chi connectivity index (χ1) is 8.61. The van der Waals surface area contributed by atoms with Gasteiger partial charge in [0.1, 0.15) is 5.82 Å². The second-order valence-corrected chi connectivity index (χ2v) is 6.25. The van der Waals surface area contributed by atoms with Crippen LogP contribution in [0.5, 0.6) is 0 Å². The highest BCUT2D eigenvalue weighted by Crippen LogP contribution is 2.50. The van der Waals surface area contributed by atoms with Gasteiger partial charge in [0, 0.05) is 0 Å². The summed E-state index contributed by atoms with van der Waals surface area (Å²) in [5.41, 5.74) is 1.63. The molecule has 4 atom stereocenters. The van der Waals surface area contributed by atoms with Gasteiger partial charge < -0.3 is 5.11 Å². The van der Waals surface area contributed by atoms with Gasteiger partial charge in [-0.25, -0.2) is 4.39 Å². The molecule has 0 radical (unpaired) electrons. The maximum Gasteiger partial charge on any atom is 0.123 e. The van der Waals surface area contributed by atoms with E-state index in [1.807, 2.05) is 13.0 Å². The van der Waals surface area contributed by atoms with Gasteiger partial charge >= 0.3 is 0 Å². The number of aliphatic hydroxyl groups excluding tert-OH is 1. The second-order valence-electron chi connectivity index (χ2n) is 6.25.